The molecule has 0 bridgehead atoms. The third-order valence-corrected chi connectivity index (χ3v) is 7.62. The Labute approximate surface area is 196 Å². The number of phenols is 1. The fourth-order valence-electron chi connectivity index (χ4n) is 6.01. The first kappa shape index (κ1) is 22.1. The Bertz CT molecular complexity index is 1270. The number of imide groups is 1. The van der Waals surface area contributed by atoms with E-state index in [4.69, 9.17) is 9.47 Å². The highest BCUT2D eigenvalue weighted by Gasteiger charge is 2.55. The fraction of sp³-hybridized carbons (Fsp3) is 0.385. The van der Waals surface area contributed by atoms with Gasteiger partial charge in [0, 0.05) is 47.4 Å². The number of carbonyl (C=O) groups excluding carboxylic acids is 4. The van der Waals surface area contributed by atoms with Crippen LogP contribution in [0.4, 0.5) is 0 Å². The van der Waals surface area contributed by atoms with Crippen molar-refractivity contribution in [3.63, 3.8) is 0 Å². The Balaban J connectivity index is 1.77. The first-order valence-corrected chi connectivity index (χ1v) is 11.2. The zero-order valence-electron chi connectivity index (χ0n) is 19.4. The number of Topliss-reactive ketones (excluding diaryl/α,β-unsaturated/α-hetero) is 1. The first-order valence-electron chi connectivity index (χ1n) is 11.2. The summed E-state index contributed by atoms with van der Waals surface area (Å²) in [5, 5.41) is 11.1. The number of rotatable bonds is 3. The summed E-state index contributed by atoms with van der Waals surface area (Å²) in [5.41, 5.74) is 2.04. The fourth-order valence-corrected chi connectivity index (χ4v) is 6.01. The maximum atomic E-state index is 13.4. The van der Waals surface area contributed by atoms with E-state index in [-0.39, 0.29) is 35.6 Å². The Morgan fingerprint density at radius 2 is 1.76 bits per heavy atom. The van der Waals surface area contributed by atoms with E-state index >= 15 is 0 Å². The van der Waals surface area contributed by atoms with Crippen molar-refractivity contribution in [2.75, 3.05) is 21.3 Å². The number of likely N-dealkylation sites (tertiary alicyclic amines) is 1. The zero-order valence-corrected chi connectivity index (χ0v) is 19.4. The van der Waals surface area contributed by atoms with E-state index in [1.807, 2.05) is 6.08 Å². The highest BCUT2D eigenvalue weighted by molar-refractivity contribution is 6.24. The normalized spacial score (nSPS) is 28.3. The summed E-state index contributed by atoms with van der Waals surface area (Å²) in [6.45, 7) is 1.59. The topological polar surface area (TPSA) is 110 Å². The van der Waals surface area contributed by atoms with E-state index in [0.29, 0.717) is 40.2 Å². The Kier molecular flexibility index (Phi) is 5.00. The summed E-state index contributed by atoms with van der Waals surface area (Å²) >= 11 is 0. The quantitative estimate of drug-likeness (QED) is 0.417. The number of amides is 2. The molecule has 0 radical (unpaired) electrons. The molecule has 0 saturated carbocycles. The molecular weight excluding hydrogens is 438 g/mol. The lowest BCUT2D eigenvalue weighted by atomic mass is 9.59. The molecule has 8 nitrogen and oxygen atoms in total. The largest absolute Gasteiger partial charge is 0.507 e. The van der Waals surface area contributed by atoms with Crippen LogP contribution in [-0.4, -0.2) is 54.7 Å². The molecule has 1 fully saturated rings. The summed E-state index contributed by atoms with van der Waals surface area (Å²) < 4.78 is 10.8. The second-order valence-electron chi connectivity index (χ2n) is 9.23. The molecule has 1 aromatic rings. The first-order chi connectivity index (χ1) is 16.2. The van der Waals surface area contributed by atoms with Crippen molar-refractivity contribution < 1.29 is 33.8 Å². The van der Waals surface area contributed by atoms with Crippen LogP contribution in [0.25, 0.3) is 0 Å². The van der Waals surface area contributed by atoms with Gasteiger partial charge in [-0.3, -0.25) is 24.1 Å². The van der Waals surface area contributed by atoms with Gasteiger partial charge in [0.25, 0.3) is 0 Å². The maximum Gasteiger partial charge on any atom is 0.233 e. The molecule has 4 aliphatic rings. The number of methoxy groups -OCH3 is 2. The molecule has 176 valence electrons. The minimum Gasteiger partial charge on any atom is -0.507 e. The lowest BCUT2D eigenvalue weighted by Gasteiger charge is -2.42. The van der Waals surface area contributed by atoms with Gasteiger partial charge in [-0.05, 0) is 31.8 Å². The van der Waals surface area contributed by atoms with Crippen LogP contribution in [0, 0.1) is 17.8 Å². The molecule has 2 amide bonds. The predicted molar refractivity (Wildman–Crippen MR) is 120 cm³/mol. The molecular formula is C26H25NO7. The van der Waals surface area contributed by atoms with Crippen LogP contribution >= 0.6 is 0 Å². The maximum absolute atomic E-state index is 13.4. The molecule has 3 aliphatic carbocycles. The number of hydrogen-bond acceptors (Lipinski definition) is 7. The van der Waals surface area contributed by atoms with Crippen LogP contribution < -0.4 is 9.47 Å². The van der Waals surface area contributed by atoms with Crippen molar-refractivity contribution in [2.24, 2.45) is 17.8 Å². The molecule has 0 spiro atoms. The summed E-state index contributed by atoms with van der Waals surface area (Å²) in [7, 11) is 4.39. The summed E-state index contributed by atoms with van der Waals surface area (Å²) in [6.07, 6.45) is 3.77. The number of phenolic OH excluding ortho intramolecular Hbond substituents is 1. The summed E-state index contributed by atoms with van der Waals surface area (Å²) in [6, 6.07) is 3.05. The van der Waals surface area contributed by atoms with E-state index < -0.39 is 23.7 Å². The number of ketones is 2. The third kappa shape index (κ3) is 2.90. The van der Waals surface area contributed by atoms with Gasteiger partial charge in [-0.25, -0.2) is 0 Å². The van der Waals surface area contributed by atoms with Crippen molar-refractivity contribution in [1.29, 1.82) is 0 Å². The molecule has 1 N–H and O–H groups in total. The molecule has 0 aromatic heterocycles. The summed E-state index contributed by atoms with van der Waals surface area (Å²) in [5.74, 6) is -2.87. The number of hydrogen-bond donors (Lipinski definition) is 1. The number of nitrogens with zero attached hydrogens (tertiary/aromatic N) is 1. The summed E-state index contributed by atoms with van der Waals surface area (Å²) in [4.78, 5) is 53.5. The molecule has 8 heteroatoms. The smallest absolute Gasteiger partial charge is 0.233 e. The van der Waals surface area contributed by atoms with E-state index in [9.17, 15) is 24.3 Å². The van der Waals surface area contributed by atoms with Gasteiger partial charge in [0.1, 0.15) is 17.2 Å². The highest BCUT2D eigenvalue weighted by Crippen LogP contribution is 2.57. The van der Waals surface area contributed by atoms with Gasteiger partial charge in [-0.2, -0.15) is 0 Å². The second kappa shape index (κ2) is 7.68. The van der Waals surface area contributed by atoms with Crippen molar-refractivity contribution in [2.45, 2.75) is 25.7 Å². The molecule has 1 aromatic carbocycles. The third-order valence-electron chi connectivity index (χ3n) is 7.62. The number of benzene rings is 1. The molecule has 1 saturated heterocycles. The highest BCUT2D eigenvalue weighted by atomic mass is 16.5. The monoisotopic (exact) mass is 463 g/mol. The van der Waals surface area contributed by atoms with Gasteiger partial charge in [0.2, 0.25) is 11.8 Å². The predicted octanol–water partition coefficient (Wildman–Crippen LogP) is 2.47. The van der Waals surface area contributed by atoms with Crippen LogP contribution in [0.3, 0.4) is 0 Å². The van der Waals surface area contributed by atoms with Crippen molar-refractivity contribution in [3.05, 3.63) is 52.1 Å². The number of fused-ring (bicyclic) bond motifs is 3. The van der Waals surface area contributed by atoms with Gasteiger partial charge in [-0.15, -0.1) is 0 Å². The van der Waals surface area contributed by atoms with Gasteiger partial charge in [-0.1, -0.05) is 11.6 Å². The van der Waals surface area contributed by atoms with Crippen LogP contribution in [0.5, 0.6) is 17.2 Å². The van der Waals surface area contributed by atoms with Crippen LogP contribution in [-0.2, 0) is 19.2 Å². The standard InChI is InChI=1S/C26H25NO7/c1-11-7-17(28)16-10-15-13(5-6-14-20(15)26(32)27(2)25(14)31)21(22(16)24(11)30)23-18(29)8-12(33-3)9-19(23)34-4/h5,7-9,14-15,20-21,29H,6,10H2,1-4H3. The number of allylic oxidation sites excluding steroid dienone is 6. The molecule has 1 heterocycles. The minimum absolute atomic E-state index is 0.143. The zero-order chi connectivity index (χ0) is 24.5. The Morgan fingerprint density at radius 1 is 1.03 bits per heavy atom. The SMILES string of the molecule is COc1cc(O)c(C2C3=CCC4C(=O)N(C)C(=O)C4C3CC3=C2C(=O)C(C)=CC3=O)c(OC)c1. The second-order valence-corrected chi connectivity index (χ2v) is 9.23. The average Bonchev–Trinajstić information content (AvgIpc) is 3.05. The van der Waals surface area contributed by atoms with Crippen LogP contribution in [0.1, 0.15) is 31.2 Å². The molecule has 1 aliphatic heterocycles. The Hall–Kier alpha value is -3.68. The average molecular weight is 463 g/mol. The minimum atomic E-state index is -0.788. The van der Waals surface area contributed by atoms with Gasteiger partial charge >= 0.3 is 0 Å². The Morgan fingerprint density at radius 3 is 2.44 bits per heavy atom. The van der Waals surface area contributed by atoms with E-state index in [1.54, 1.807) is 13.0 Å². The van der Waals surface area contributed by atoms with Crippen molar-refractivity contribution in [3.8, 4) is 17.2 Å². The van der Waals surface area contributed by atoms with E-state index in [2.05, 4.69) is 0 Å². The van der Waals surface area contributed by atoms with Gasteiger partial charge in [0.15, 0.2) is 11.6 Å². The van der Waals surface area contributed by atoms with Gasteiger partial charge in [0.05, 0.1) is 26.1 Å². The van der Waals surface area contributed by atoms with E-state index in [0.717, 1.165) is 10.5 Å². The number of ether oxygens (including phenoxy) is 2. The number of aromatic hydroxyl groups is 1. The molecule has 4 atom stereocenters. The lowest BCUT2D eigenvalue weighted by Crippen LogP contribution is -2.39. The van der Waals surface area contributed by atoms with Crippen LogP contribution in [0.2, 0.25) is 0 Å². The van der Waals surface area contributed by atoms with Crippen molar-refractivity contribution in [1.82, 2.24) is 4.90 Å². The van der Waals surface area contributed by atoms with E-state index in [1.165, 1.54) is 33.4 Å². The molecule has 34 heavy (non-hydrogen) atoms. The molecule has 4 unspecified atom stereocenters. The molecule has 5 rings (SSSR count). The van der Waals surface area contributed by atoms with Crippen molar-refractivity contribution >= 4 is 23.4 Å². The van der Waals surface area contributed by atoms with Gasteiger partial charge < -0.3 is 14.6 Å². The lowest BCUT2D eigenvalue weighted by molar-refractivity contribution is -0.138. The van der Waals surface area contributed by atoms with Crippen LogP contribution in [0.15, 0.2) is 46.6 Å². The number of carbonyl (C=O) groups is 4.